The van der Waals surface area contributed by atoms with Gasteiger partial charge in [0.2, 0.25) is 0 Å². The molecule has 3 aromatic rings. The number of benzene rings is 3. The van der Waals surface area contributed by atoms with E-state index < -0.39 is 5.60 Å². The zero-order chi connectivity index (χ0) is 18.7. The van der Waals surface area contributed by atoms with Crippen molar-refractivity contribution >= 4 is 16.7 Å². The van der Waals surface area contributed by atoms with E-state index in [0.717, 1.165) is 17.4 Å². The number of ether oxygens (including phenoxy) is 1. The van der Waals surface area contributed by atoms with E-state index in [1.165, 1.54) is 10.9 Å². The van der Waals surface area contributed by atoms with Crippen LogP contribution in [-0.2, 0) is 10.3 Å². The lowest BCUT2D eigenvalue weighted by Crippen LogP contribution is -2.25. The third-order valence-electron chi connectivity index (χ3n) is 5.12. The van der Waals surface area contributed by atoms with Crippen molar-refractivity contribution in [3.63, 3.8) is 0 Å². The average Bonchev–Trinajstić information content (AvgIpc) is 2.66. The highest BCUT2D eigenvalue weighted by atomic mass is 16.6. The lowest BCUT2D eigenvalue weighted by atomic mass is 9.95. The maximum absolute atomic E-state index is 12.6. The van der Waals surface area contributed by atoms with Crippen molar-refractivity contribution in [3.05, 3.63) is 83.4 Å². The Kier molecular flexibility index (Phi) is 5.13. The molecule has 26 heavy (non-hydrogen) atoms. The van der Waals surface area contributed by atoms with Crippen molar-refractivity contribution in [1.29, 1.82) is 0 Å². The van der Waals surface area contributed by atoms with Gasteiger partial charge in [0, 0.05) is 0 Å². The highest BCUT2D eigenvalue weighted by Gasteiger charge is 2.26. The molecule has 0 aromatic heterocycles. The Hall–Kier alpha value is -2.61. The number of carbonyl (C=O) groups excluding carboxylic acids is 1. The maximum atomic E-state index is 12.6. The fourth-order valence-electron chi connectivity index (χ4n) is 3.10. The number of hydrogen-bond acceptors (Lipinski definition) is 2. The summed E-state index contributed by atoms with van der Waals surface area (Å²) in [6.07, 6.45) is 1.08. The first kappa shape index (κ1) is 18.2. The molecule has 2 nitrogen and oxygen atoms in total. The topological polar surface area (TPSA) is 26.3 Å². The second kappa shape index (κ2) is 7.33. The number of rotatable bonds is 5. The average molecular weight is 346 g/mol. The molecule has 0 saturated heterocycles. The molecule has 3 rings (SSSR count). The highest BCUT2D eigenvalue weighted by Crippen LogP contribution is 2.29. The van der Waals surface area contributed by atoms with E-state index in [9.17, 15) is 4.79 Å². The summed E-state index contributed by atoms with van der Waals surface area (Å²) in [5.74, 6) is 0.202. The molecule has 0 heterocycles. The normalized spacial score (nSPS) is 12.8. The molecule has 134 valence electrons. The fourth-order valence-corrected chi connectivity index (χ4v) is 3.10. The van der Waals surface area contributed by atoms with Crippen LogP contribution in [0.5, 0.6) is 0 Å². The first-order chi connectivity index (χ1) is 12.4. The van der Waals surface area contributed by atoms with Crippen LogP contribution >= 0.6 is 0 Å². The van der Waals surface area contributed by atoms with E-state index in [1.807, 2.05) is 56.3 Å². The monoisotopic (exact) mass is 346 g/mol. The van der Waals surface area contributed by atoms with Gasteiger partial charge in [-0.05, 0) is 66.3 Å². The molecule has 3 aromatic carbocycles. The molecule has 0 aliphatic rings. The number of carbonyl (C=O) groups is 1. The van der Waals surface area contributed by atoms with Crippen LogP contribution in [0.15, 0.2) is 66.7 Å². The molecule has 0 aliphatic carbocycles. The lowest BCUT2D eigenvalue weighted by molar-refractivity contribution is -0.00307. The minimum Gasteiger partial charge on any atom is -0.451 e. The fraction of sp³-hybridized carbons (Fsp3) is 0.292. The van der Waals surface area contributed by atoms with Gasteiger partial charge in [0.25, 0.3) is 0 Å². The van der Waals surface area contributed by atoms with E-state index in [4.69, 9.17) is 4.74 Å². The molecular weight excluding hydrogens is 320 g/mol. The predicted molar refractivity (Wildman–Crippen MR) is 108 cm³/mol. The Morgan fingerprint density at radius 3 is 2.27 bits per heavy atom. The zero-order valence-corrected chi connectivity index (χ0v) is 16.0. The minimum atomic E-state index is -0.698. The summed E-state index contributed by atoms with van der Waals surface area (Å²) < 4.78 is 5.85. The third kappa shape index (κ3) is 3.80. The first-order valence-corrected chi connectivity index (χ1v) is 9.23. The first-order valence-electron chi connectivity index (χ1n) is 9.23. The molecule has 0 radical (unpaired) electrons. The number of esters is 1. The van der Waals surface area contributed by atoms with Gasteiger partial charge in [-0.15, -0.1) is 0 Å². The number of fused-ring (bicyclic) bond motifs is 1. The summed E-state index contributed by atoms with van der Waals surface area (Å²) in [7, 11) is 0. The maximum Gasteiger partial charge on any atom is 0.338 e. The highest BCUT2D eigenvalue weighted by molar-refractivity contribution is 5.90. The molecule has 1 atom stereocenters. The standard InChI is InChI=1S/C24H26O2/c1-5-17(2)18-10-12-20(13-11-18)23(25)26-24(3,4)22-15-14-19-8-6-7-9-21(19)16-22/h6-17H,5H2,1-4H3. The van der Waals surface area contributed by atoms with Gasteiger partial charge in [0.05, 0.1) is 5.56 Å². The summed E-state index contributed by atoms with van der Waals surface area (Å²) in [5.41, 5.74) is 2.13. The van der Waals surface area contributed by atoms with Gasteiger partial charge in [0.1, 0.15) is 5.60 Å². The predicted octanol–water partition coefficient (Wildman–Crippen LogP) is 6.45. The summed E-state index contributed by atoms with van der Waals surface area (Å²) in [4.78, 5) is 12.6. The van der Waals surface area contributed by atoms with E-state index in [-0.39, 0.29) is 5.97 Å². The van der Waals surface area contributed by atoms with Crippen LogP contribution in [0.25, 0.3) is 10.8 Å². The smallest absolute Gasteiger partial charge is 0.338 e. The van der Waals surface area contributed by atoms with Crippen LogP contribution in [0, 0.1) is 0 Å². The largest absolute Gasteiger partial charge is 0.451 e. The molecule has 2 heteroatoms. The van der Waals surface area contributed by atoms with Crippen LogP contribution in [0.3, 0.4) is 0 Å². The van der Waals surface area contributed by atoms with Crippen molar-refractivity contribution in [2.75, 3.05) is 0 Å². The van der Waals surface area contributed by atoms with Crippen LogP contribution in [0.2, 0.25) is 0 Å². The molecule has 0 amide bonds. The van der Waals surface area contributed by atoms with Crippen LogP contribution in [-0.4, -0.2) is 5.97 Å². The van der Waals surface area contributed by atoms with E-state index in [1.54, 1.807) is 0 Å². The van der Waals surface area contributed by atoms with Gasteiger partial charge < -0.3 is 4.74 Å². The van der Waals surface area contributed by atoms with Crippen LogP contribution in [0.1, 0.15) is 61.5 Å². The van der Waals surface area contributed by atoms with Crippen molar-refractivity contribution in [1.82, 2.24) is 0 Å². The van der Waals surface area contributed by atoms with Gasteiger partial charge >= 0.3 is 5.97 Å². The molecular formula is C24H26O2. The summed E-state index contributed by atoms with van der Waals surface area (Å²) in [5, 5.41) is 2.33. The molecule has 0 spiro atoms. The SMILES string of the molecule is CCC(C)c1ccc(C(=O)OC(C)(C)c2ccc3ccccc3c2)cc1. The van der Waals surface area contributed by atoms with Gasteiger partial charge in [0.15, 0.2) is 0 Å². The van der Waals surface area contributed by atoms with Crippen molar-refractivity contribution < 1.29 is 9.53 Å². The molecule has 0 aliphatic heterocycles. The molecule has 0 N–H and O–H groups in total. The van der Waals surface area contributed by atoms with Crippen LogP contribution < -0.4 is 0 Å². The van der Waals surface area contributed by atoms with Gasteiger partial charge in [-0.3, -0.25) is 0 Å². The molecule has 1 unspecified atom stereocenters. The van der Waals surface area contributed by atoms with Gasteiger partial charge in [-0.2, -0.15) is 0 Å². The zero-order valence-electron chi connectivity index (χ0n) is 16.0. The Balaban J connectivity index is 1.80. The summed E-state index contributed by atoms with van der Waals surface area (Å²) in [6, 6.07) is 22.2. The molecule has 0 fully saturated rings. The minimum absolute atomic E-state index is 0.293. The van der Waals surface area contributed by atoms with Gasteiger partial charge in [-0.1, -0.05) is 62.4 Å². The lowest BCUT2D eigenvalue weighted by Gasteiger charge is -2.26. The van der Waals surface area contributed by atoms with Crippen molar-refractivity contribution in [2.24, 2.45) is 0 Å². The number of hydrogen-bond donors (Lipinski definition) is 0. The van der Waals surface area contributed by atoms with Crippen LogP contribution in [0.4, 0.5) is 0 Å². The van der Waals surface area contributed by atoms with E-state index >= 15 is 0 Å². The van der Waals surface area contributed by atoms with E-state index in [0.29, 0.717) is 11.5 Å². The van der Waals surface area contributed by atoms with Crippen molar-refractivity contribution in [2.45, 2.75) is 45.6 Å². The second-order valence-electron chi connectivity index (χ2n) is 7.39. The summed E-state index contributed by atoms with van der Waals surface area (Å²) >= 11 is 0. The summed E-state index contributed by atoms with van der Waals surface area (Å²) in [6.45, 7) is 8.22. The van der Waals surface area contributed by atoms with E-state index in [2.05, 4.69) is 38.1 Å². The Morgan fingerprint density at radius 2 is 1.62 bits per heavy atom. The third-order valence-corrected chi connectivity index (χ3v) is 5.12. The Bertz CT molecular complexity index is 907. The Morgan fingerprint density at radius 1 is 0.962 bits per heavy atom. The van der Waals surface area contributed by atoms with Gasteiger partial charge in [-0.25, -0.2) is 4.79 Å². The van der Waals surface area contributed by atoms with Crippen molar-refractivity contribution in [3.8, 4) is 0 Å². The molecule has 0 saturated carbocycles. The second-order valence-corrected chi connectivity index (χ2v) is 7.39. The molecule has 0 bridgehead atoms. The quantitative estimate of drug-likeness (QED) is 0.497. The Labute approximate surface area is 155 Å².